The van der Waals surface area contributed by atoms with Gasteiger partial charge in [0.15, 0.2) is 0 Å². The van der Waals surface area contributed by atoms with Crippen molar-refractivity contribution in [1.29, 1.82) is 0 Å². The highest BCUT2D eigenvalue weighted by molar-refractivity contribution is 6.00. The van der Waals surface area contributed by atoms with Crippen LogP contribution in [0, 0.1) is 11.7 Å². The lowest BCUT2D eigenvalue weighted by atomic mass is 10.1. The van der Waals surface area contributed by atoms with Crippen LogP contribution in [-0.2, 0) is 4.79 Å². The van der Waals surface area contributed by atoms with Crippen molar-refractivity contribution >= 4 is 17.3 Å². The Morgan fingerprint density at radius 3 is 2.76 bits per heavy atom. The number of benzene rings is 1. The Morgan fingerprint density at radius 2 is 2.06 bits per heavy atom. The van der Waals surface area contributed by atoms with E-state index in [0.29, 0.717) is 6.54 Å². The lowest BCUT2D eigenvalue weighted by Crippen LogP contribution is -2.43. The highest BCUT2D eigenvalue weighted by Crippen LogP contribution is 2.38. The van der Waals surface area contributed by atoms with Crippen LogP contribution in [0.15, 0.2) is 18.2 Å². The number of fused-ring (bicyclic) bond motifs is 1. The average Bonchev–Trinajstić information content (AvgIpc) is 3.12. The molecule has 1 aliphatic carbocycles. The van der Waals surface area contributed by atoms with Gasteiger partial charge in [-0.05, 0) is 31.0 Å². The topological polar surface area (TPSA) is 23.6 Å². The maximum atomic E-state index is 13.3. The fraction of sp³-hybridized carbons (Fsp3) is 0.462. The molecule has 4 heteroatoms. The largest absolute Gasteiger partial charge is 0.371 e. The molecule has 3 rings (SSSR count). The van der Waals surface area contributed by atoms with E-state index < -0.39 is 0 Å². The molecule has 0 unspecified atom stereocenters. The van der Waals surface area contributed by atoms with Gasteiger partial charge >= 0.3 is 0 Å². The van der Waals surface area contributed by atoms with E-state index in [4.69, 9.17) is 0 Å². The van der Waals surface area contributed by atoms with E-state index in [0.717, 1.165) is 30.8 Å². The van der Waals surface area contributed by atoms with E-state index in [2.05, 4.69) is 4.90 Å². The second kappa shape index (κ2) is 3.72. The first-order chi connectivity index (χ1) is 8.16. The van der Waals surface area contributed by atoms with E-state index in [1.54, 1.807) is 11.0 Å². The number of halogens is 1. The van der Waals surface area contributed by atoms with Crippen LogP contribution in [-0.4, -0.2) is 26.0 Å². The SMILES string of the molecule is CN1CCN(C(=O)C2CC2)c2cc(F)ccc21. The van der Waals surface area contributed by atoms with E-state index >= 15 is 0 Å². The van der Waals surface area contributed by atoms with Crippen LogP contribution in [0.2, 0.25) is 0 Å². The van der Waals surface area contributed by atoms with Crippen LogP contribution in [0.3, 0.4) is 0 Å². The maximum absolute atomic E-state index is 13.3. The normalized spacial score (nSPS) is 19.2. The predicted octanol–water partition coefficient (Wildman–Crippen LogP) is 2.02. The van der Waals surface area contributed by atoms with Gasteiger partial charge in [0.05, 0.1) is 11.4 Å². The number of hydrogen-bond donors (Lipinski definition) is 0. The zero-order chi connectivity index (χ0) is 12.0. The Hall–Kier alpha value is -1.58. The molecule has 0 aromatic heterocycles. The van der Waals surface area contributed by atoms with Crippen molar-refractivity contribution in [2.45, 2.75) is 12.8 Å². The third kappa shape index (κ3) is 1.77. The summed E-state index contributed by atoms with van der Waals surface area (Å²) in [6.45, 7) is 1.46. The molecule has 0 radical (unpaired) electrons. The average molecular weight is 234 g/mol. The Morgan fingerprint density at radius 1 is 1.29 bits per heavy atom. The molecule has 0 N–H and O–H groups in total. The third-order valence-corrected chi connectivity index (χ3v) is 3.49. The maximum Gasteiger partial charge on any atom is 0.230 e. The Balaban J connectivity index is 2.00. The molecule has 1 aliphatic heterocycles. The van der Waals surface area contributed by atoms with Gasteiger partial charge in [-0.25, -0.2) is 4.39 Å². The predicted molar refractivity (Wildman–Crippen MR) is 64.7 cm³/mol. The van der Waals surface area contributed by atoms with Crippen LogP contribution in [0.5, 0.6) is 0 Å². The van der Waals surface area contributed by atoms with Gasteiger partial charge < -0.3 is 9.80 Å². The van der Waals surface area contributed by atoms with Gasteiger partial charge in [0.2, 0.25) is 5.91 Å². The minimum Gasteiger partial charge on any atom is -0.371 e. The standard InChI is InChI=1S/C13H15FN2O/c1-15-6-7-16(13(17)9-2-3-9)12-8-10(14)4-5-11(12)15/h4-5,8-9H,2-3,6-7H2,1H3. The van der Waals surface area contributed by atoms with Gasteiger partial charge in [-0.15, -0.1) is 0 Å². The molecular weight excluding hydrogens is 219 g/mol. The first-order valence-corrected chi connectivity index (χ1v) is 5.99. The molecule has 0 saturated heterocycles. The minimum absolute atomic E-state index is 0.157. The van der Waals surface area contributed by atoms with Crippen LogP contribution >= 0.6 is 0 Å². The molecule has 1 saturated carbocycles. The molecule has 0 bridgehead atoms. The number of likely N-dealkylation sites (N-methyl/N-ethyl adjacent to an activating group) is 1. The molecule has 2 aliphatic rings. The van der Waals surface area contributed by atoms with Crippen molar-refractivity contribution in [3.05, 3.63) is 24.0 Å². The fourth-order valence-corrected chi connectivity index (χ4v) is 2.31. The number of carbonyl (C=O) groups excluding carboxylic acids is 1. The fourth-order valence-electron chi connectivity index (χ4n) is 2.31. The van der Waals surface area contributed by atoms with Crippen molar-refractivity contribution < 1.29 is 9.18 Å². The van der Waals surface area contributed by atoms with Crippen molar-refractivity contribution in [2.24, 2.45) is 5.92 Å². The monoisotopic (exact) mass is 234 g/mol. The summed E-state index contributed by atoms with van der Waals surface area (Å²) < 4.78 is 13.3. The second-order valence-electron chi connectivity index (χ2n) is 4.82. The molecule has 1 aromatic carbocycles. The molecule has 1 aromatic rings. The highest BCUT2D eigenvalue weighted by atomic mass is 19.1. The minimum atomic E-state index is -0.285. The summed E-state index contributed by atoms with van der Waals surface area (Å²) in [5.41, 5.74) is 1.65. The molecule has 0 spiro atoms. The van der Waals surface area contributed by atoms with Gasteiger partial charge in [0, 0.05) is 26.1 Å². The molecule has 1 amide bonds. The molecule has 3 nitrogen and oxygen atoms in total. The van der Waals surface area contributed by atoms with E-state index in [1.807, 2.05) is 7.05 Å². The van der Waals surface area contributed by atoms with Gasteiger partial charge in [-0.2, -0.15) is 0 Å². The molecule has 0 atom stereocenters. The van der Waals surface area contributed by atoms with Crippen LogP contribution in [0.25, 0.3) is 0 Å². The van der Waals surface area contributed by atoms with E-state index in [1.165, 1.54) is 12.1 Å². The number of hydrogen-bond acceptors (Lipinski definition) is 2. The van der Waals surface area contributed by atoms with E-state index in [9.17, 15) is 9.18 Å². The third-order valence-electron chi connectivity index (χ3n) is 3.49. The van der Waals surface area contributed by atoms with Gasteiger partial charge in [0.1, 0.15) is 5.82 Å². The van der Waals surface area contributed by atoms with Gasteiger partial charge in [-0.3, -0.25) is 4.79 Å². The first-order valence-electron chi connectivity index (χ1n) is 5.99. The molecule has 17 heavy (non-hydrogen) atoms. The number of anilines is 2. The first kappa shape index (κ1) is 10.6. The summed E-state index contributed by atoms with van der Waals surface area (Å²) in [5.74, 6) is 0.0483. The number of amides is 1. The Bertz CT molecular complexity index is 470. The Labute approximate surface area is 99.8 Å². The smallest absolute Gasteiger partial charge is 0.230 e. The molecule has 1 fully saturated rings. The summed E-state index contributed by atoms with van der Waals surface area (Å²) in [4.78, 5) is 15.9. The summed E-state index contributed by atoms with van der Waals surface area (Å²) in [6, 6.07) is 4.66. The second-order valence-corrected chi connectivity index (χ2v) is 4.82. The van der Waals surface area contributed by atoms with Gasteiger partial charge in [-0.1, -0.05) is 0 Å². The highest BCUT2D eigenvalue weighted by Gasteiger charge is 2.36. The quantitative estimate of drug-likeness (QED) is 0.742. The molecule has 1 heterocycles. The van der Waals surface area contributed by atoms with Crippen molar-refractivity contribution in [3.8, 4) is 0 Å². The summed E-state index contributed by atoms with van der Waals surface area (Å²) in [5, 5.41) is 0. The summed E-state index contributed by atoms with van der Waals surface area (Å²) >= 11 is 0. The molecule has 90 valence electrons. The zero-order valence-electron chi connectivity index (χ0n) is 9.82. The number of rotatable bonds is 1. The van der Waals surface area contributed by atoms with Crippen LogP contribution < -0.4 is 9.80 Å². The zero-order valence-corrected chi connectivity index (χ0v) is 9.82. The lowest BCUT2D eigenvalue weighted by Gasteiger charge is -2.35. The lowest BCUT2D eigenvalue weighted by molar-refractivity contribution is -0.119. The van der Waals surface area contributed by atoms with Crippen molar-refractivity contribution in [3.63, 3.8) is 0 Å². The van der Waals surface area contributed by atoms with Crippen molar-refractivity contribution in [2.75, 3.05) is 29.9 Å². The van der Waals surface area contributed by atoms with Gasteiger partial charge in [0.25, 0.3) is 0 Å². The number of nitrogens with zero attached hydrogens (tertiary/aromatic N) is 2. The van der Waals surface area contributed by atoms with Crippen LogP contribution in [0.4, 0.5) is 15.8 Å². The molecular formula is C13H15FN2O. The Kier molecular flexibility index (Phi) is 2.31. The summed E-state index contributed by atoms with van der Waals surface area (Å²) in [6.07, 6.45) is 1.96. The van der Waals surface area contributed by atoms with E-state index in [-0.39, 0.29) is 17.6 Å². The van der Waals surface area contributed by atoms with Crippen LogP contribution in [0.1, 0.15) is 12.8 Å². The number of carbonyl (C=O) groups is 1. The summed E-state index contributed by atoms with van der Waals surface area (Å²) in [7, 11) is 1.97. The van der Waals surface area contributed by atoms with Crippen molar-refractivity contribution in [1.82, 2.24) is 0 Å².